The first-order chi connectivity index (χ1) is 9.74. The van der Waals surface area contributed by atoms with Gasteiger partial charge in [0.05, 0.1) is 11.4 Å². The van der Waals surface area contributed by atoms with Gasteiger partial charge >= 0.3 is 0 Å². The van der Waals surface area contributed by atoms with Crippen molar-refractivity contribution in [2.45, 2.75) is 50.3 Å². The van der Waals surface area contributed by atoms with E-state index >= 15 is 0 Å². The molecule has 1 N–H and O–H groups in total. The summed E-state index contributed by atoms with van der Waals surface area (Å²) in [6.07, 6.45) is 11.3. The Bertz CT molecular complexity index is 567. The van der Waals surface area contributed by atoms with Crippen LogP contribution < -0.4 is 5.32 Å². The van der Waals surface area contributed by atoms with Gasteiger partial charge in [-0.1, -0.05) is 19.3 Å². The number of hydrogen-bond acceptors (Lipinski definition) is 4. The highest BCUT2D eigenvalue weighted by atomic mass is 32.2. The number of thiazole rings is 1. The Morgan fingerprint density at radius 3 is 2.95 bits per heavy atom. The second-order valence-electron chi connectivity index (χ2n) is 5.75. The Kier molecular flexibility index (Phi) is 4.38. The zero-order valence-electron chi connectivity index (χ0n) is 12.3. The van der Waals surface area contributed by atoms with Crippen molar-refractivity contribution in [2.75, 3.05) is 12.8 Å². The number of nitrogens with zero attached hydrogens (tertiary/aromatic N) is 2. The zero-order valence-corrected chi connectivity index (χ0v) is 13.9. The molecule has 110 valence electrons. The normalized spacial score (nSPS) is 18.7. The number of aromatic nitrogens is 2. The van der Waals surface area contributed by atoms with E-state index < -0.39 is 0 Å². The third-order valence-corrected chi connectivity index (χ3v) is 6.67. The van der Waals surface area contributed by atoms with Gasteiger partial charge < -0.3 is 5.32 Å². The molecule has 2 aromatic rings. The van der Waals surface area contributed by atoms with E-state index in [1.54, 1.807) is 11.3 Å². The fourth-order valence-corrected chi connectivity index (χ4v) is 4.93. The van der Waals surface area contributed by atoms with Gasteiger partial charge in [-0.2, -0.15) is 11.8 Å². The van der Waals surface area contributed by atoms with E-state index in [9.17, 15) is 0 Å². The van der Waals surface area contributed by atoms with E-state index in [1.807, 2.05) is 0 Å². The summed E-state index contributed by atoms with van der Waals surface area (Å²) < 4.78 is 2.68. The Morgan fingerprint density at radius 1 is 1.40 bits per heavy atom. The average molecular weight is 310 g/mol. The van der Waals surface area contributed by atoms with Gasteiger partial charge in [-0.3, -0.25) is 4.40 Å². The Hall–Kier alpha value is -0.520. The summed E-state index contributed by atoms with van der Waals surface area (Å²) >= 11 is 3.76. The smallest absolute Gasteiger partial charge is 0.194 e. The summed E-state index contributed by atoms with van der Waals surface area (Å²) in [6.45, 7) is 4.15. The molecule has 1 fully saturated rings. The van der Waals surface area contributed by atoms with Crippen LogP contribution in [0.3, 0.4) is 0 Å². The first-order valence-electron chi connectivity index (χ1n) is 7.41. The number of thioether (sulfide) groups is 1. The molecule has 0 radical (unpaired) electrons. The van der Waals surface area contributed by atoms with Crippen molar-refractivity contribution >= 4 is 28.1 Å². The van der Waals surface area contributed by atoms with Gasteiger partial charge in [-0.25, -0.2) is 4.98 Å². The van der Waals surface area contributed by atoms with Crippen molar-refractivity contribution in [1.82, 2.24) is 14.7 Å². The number of fused-ring (bicyclic) bond motifs is 1. The number of hydrogen-bond donors (Lipinski definition) is 1. The lowest BCUT2D eigenvalue weighted by molar-refractivity contribution is 0.378. The monoisotopic (exact) mass is 309 g/mol. The molecule has 0 atom stereocenters. The van der Waals surface area contributed by atoms with Gasteiger partial charge in [-0.05, 0) is 26.0 Å². The van der Waals surface area contributed by atoms with Crippen molar-refractivity contribution in [3.05, 3.63) is 23.0 Å². The van der Waals surface area contributed by atoms with E-state index in [-0.39, 0.29) is 0 Å². The number of aryl methyl sites for hydroxylation is 1. The molecule has 1 saturated carbocycles. The predicted molar refractivity (Wildman–Crippen MR) is 88.8 cm³/mol. The molecule has 1 aliphatic rings. The van der Waals surface area contributed by atoms with Crippen molar-refractivity contribution in [3.8, 4) is 0 Å². The van der Waals surface area contributed by atoms with Crippen molar-refractivity contribution in [1.29, 1.82) is 0 Å². The molecule has 1 aliphatic carbocycles. The van der Waals surface area contributed by atoms with Crippen LogP contribution in [0.15, 0.2) is 11.6 Å². The van der Waals surface area contributed by atoms with Crippen LogP contribution in [0.1, 0.15) is 43.5 Å². The molecule has 2 aromatic heterocycles. The fourth-order valence-electron chi connectivity index (χ4n) is 3.21. The van der Waals surface area contributed by atoms with Crippen molar-refractivity contribution in [2.24, 2.45) is 0 Å². The number of imidazole rings is 1. The zero-order chi connectivity index (χ0) is 14.0. The number of nitrogens with one attached hydrogen (secondary N) is 1. The van der Waals surface area contributed by atoms with Crippen LogP contribution in [0.25, 0.3) is 4.96 Å². The van der Waals surface area contributed by atoms with E-state index in [0.29, 0.717) is 4.75 Å². The van der Waals surface area contributed by atoms with Gasteiger partial charge in [0.25, 0.3) is 0 Å². The largest absolute Gasteiger partial charge is 0.310 e. The lowest BCUT2D eigenvalue weighted by Gasteiger charge is -2.36. The molecule has 5 heteroatoms. The lowest BCUT2D eigenvalue weighted by atomic mass is 9.88. The highest BCUT2D eigenvalue weighted by Crippen LogP contribution is 2.38. The van der Waals surface area contributed by atoms with Crippen molar-refractivity contribution < 1.29 is 0 Å². The van der Waals surface area contributed by atoms with Gasteiger partial charge in [0.1, 0.15) is 0 Å². The molecule has 0 bridgehead atoms. The summed E-state index contributed by atoms with van der Waals surface area (Å²) in [7, 11) is 0. The first-order valence-corrected chi connectivity index (χ1v) is 9.51. The summed E-state index contributed by atoms with van der Waals surface area (Å²) in [4.78, 5) is 5.72. The maximum Gasteiger partial charge on any atom is 0.194 e. The molecule has 3 rings (SSSR count). The van der Waals surface area contributed by atoms with Crippen LogP contribution in [0.4, 0.5) is 0 Å². The van der Waals surface area contributed by atoms with Crippen LogP contribution in [0, 0.1) is 6.92 Å². The van der Waals surface area contributed by atoms with Gasteiger partial charge in [0.15, 0.2) is 4.96 Å². The second-order valence-corrected chi connectivity index (χ2v) is 7.90. The Morgan fingerprint density at radius 2 is 2.20 bits per heavy atom. The van der Waals surface area contributed by atoms with Crippen LogP contribution in [0.5, 0.6) is 0 Å². The van der Waals surface area contributed by atoms with Crippen molar-refractivity contribution in [3.63, 3.8) is 0 Å². The average Bonchev–Trinajstić information content (AvgIpc) is 3.02. The van der Waals surface area contributed by atoms with E-state index in [1.165, 1.54) is 37.8 Å². The highest BCUT2D eigenvalue weighted by Gasteiger charge is 2.30. The molecule has 0 saturated heterocycles. The summed E-state index contributed by atoms with van der Waals surface area (Å²) in [5.41, 5.74) is 2.47. The van der Waals surface area contributed by atoms with Gasteiger partial charge in [0, 0.05) is 29.4 Å². The molecule has 0 unspecified atom stereocenters. The molecule has 0 amide bonds. The van der Waals surface area contributed by atoms with Crippen LogP contribution in [-0.4, -0.2) is 26.9 Å². The first kappa shape index (κ1) is 14.4. The second kappa shape index (κ2) is 6.08. The molecule has 0 aromatic carbocycles. The Labute approximate surface area is 129 Å². The molecule has 0 aliphatic heterocycles. The summed E-state index contributed by atoms with van der Waals surface area (Å²) in [5, 5.41) is 5.80. The van der Waals surface area contributed by atoms with Gasteiger partial charge in [-0.15, -0.1) is 11.3 Å². The molecular weight excluding hydrogens is 286 g/mol. The van der Waals surface area contributed by atoms with E-state index in [2.05, 4.69) is 51.2 Å². The maximum absolute atomic E-state index is 4.61. The maximum atomic E-state index is 4.61. The van der Waals surface area contributed by atoms with E-state index in [0.717, 1.165) is 23.7 Å². The minimum Gasteiger partial charge on any atom is -0.310 e. The molecular formula is C15H23N3S2. The van der Waals surface area contributed by atoms with Crippen LogP contribution in [0.2, 0.25) is 0 Å². The summed E-state index contributed by atoms with van der Waals surface area (Å²) in [5.74, 6) is 0. The summed E-state index contributed by atoms with van der Waals surface area (Å²) in [6, 6.07) is 0. The van der Waals surface area contributed by atoms with Gasteiger partial charge in [0.2, 0.25) is 0 Å². The molecule has 0 spiro atoms. The van der Waals surface area contributed by atoms with E-state index in [4.69, 9.17) is 0 Å². The fraction of sp³-hybridized carbons (Fsp3) is 0.667. The van der Waals surface area contributed by atoms with Crippen LogP contribution in [-0.2, 0) is 6.54 Å². The molecule has 3 nitrogen and oxygen atoms in total. The third-order valence-electron chi connectivity index (χ3n) is 4.50. The number of rotatable bonds is 5. The highest BCUT2D eigenvalue weighted by molar-refractivity contribution is 8.00. The topological polar surface area (TPSA) is 29.3 Å². The minimum atomic E-state index is 0.463. The third kappa shape index (κ3) is 2.76. The molecule has 20 heavy (non-hydrogen) atoms. The SMILES string of the molecule is CSC1(CNCc2c(C)nc3sccn23)CCCCC1. The lowest BCUT2D eigenvalue weighted by Crippen LogP contribution is -2.39. The molecule has 2 heterocycles. The predicted octanol–water partition coefficient (Wildman–Crippen LogP) is 3.86. The minimum absolute atomic E-state index is 0.463. The standard InChI is InChI=1S/C15H23N3S2/c1-12-13(18-8-9-20-14(18)17-12)10-16-11-15(19-2)6-4-3-5-7-15/h8-9,16H,3-7,10-11H2,1-2H3. The quantitative estimate of drug-likeness (QED) is 0.909. The van der Waals surface area contributed by atoms with Crippen LogP contribution >= 0.6 is 23.1 Å². The Balaban J connectivity index is 1.64.